The first-order valence-electron chi connectivity index (χ1n) is 13.0. The summed E-state index contributed by atoms with van der Waals surface area (Å²) >= 11 is 0. The summed E-state index contributed by atoms with van der Waals surface area (Å²) in [4.78, 5) is 62.7. The molecule has 1 saturated carbocycles. The molecule has 3 rings (SSSR count). The number of hydrogen-bond donors (Lipinski definition) is 3. The molecule has 3 N–H and O–H groups in total. The van der Waals surface area contributed by atoms with Crippen LogP contribution >= 0.6 is 0 Å². The van der Waals surface area contributed by atoms with Crippen molar-refractivity contribution in [2.24, 2.45) is 11.8 Å². The molecule has 2 fully saturated rings. The van der Waals surface area contributed by atoms with E-state index in [1.807, 2.05) is 0 Å². The van der Waals surface area contributed by atoms with Crippen LogP contribution < -0.4 is 15.4 Å². The fourth-order valence-electron chi connectivity index (χ4n) is 4.88. The van der Waals surface area contributed by atoms with Gasteiger partial charge in [-0.05, 0) is 59.2 Å². The topological polar surface area (TPSA) is 201 Å². The number of fused-ring (bicyclic) bond motifs is 1. The number of methoxy groups -OCH3 is 1. The van der Waals surface area contributed by atoms with Crippen LogP contribution in [0.4, 0.5) is 9.59 Å². The van der Waals surface area contributed by atoms with E-state index in [1.165, 1.54) is 24.3 Å². The number of carboxylic acid groups (broad SMARTS) is 1. The van der Waals surface area contributed by atoms with E-state index < -0.39 is 85.6 Å². The lowest BCUT2D eigenvalue weighted by Gasteiger charge is -2.30. The van der Waals surface area contributed by atoms with Crippen LogP contribution in [0.3, 0.4) is 0 Å². The molecule has 2 amide bonds. The van der Waals surface area contributed by atoms with Crippen molar-refractivity contribution in [1.82, 2.24) is 10.6 Å². The Morgan fingerprint density at radius 2 is 1.57 bits per heavy atom. The number of carbonyl (C=O) groups excluding carboxylic acids is 4. The molecule has 1 aromatic carbocycles. The summed E-state index contributed by atoms with van der Waals surface area (Å²) in [6, 6.07) is 4.45. The molecule has 0 spiro atoms. The summed E-state index contributed by atoms with van der Waals surface area (Å²) in [5.74, 6) is -6.83. The van der Waals surface area contributed by atoms with Crippen molar-refractivity contribution >= 4 is 39.9 Å². The van der Waals surface area contributed by atoms with E-state index >= 15 is 0 Å². The number of nitrogens with one attached hydrogen (secondary N) is 2. The molecule has 0 aromatic heterocycles. The lowest BCUT2D eigenvalue weighted by molar-refractivity contribution is -0.149. The number of esters is 1. The van der Waals surface area contributed by atoms with Crippen LogP contribution in [-0.4, -0.2) is 84.5 Å². The summed E-state index contributed by atoms with van der Waals surface area (Å²) in [5, 5.41) is 13.5. The third-order valence-corrected chi connectivity index (χ3v) is 8.80. The molecule has 1 aromatic rings. The largest absolute Gasteiger partial charge is 0.514 e. The number of hydrogen-bond acceptors (Lipinski definition) is 11. The maximum absolute atomic E-state index is 13.5. The minimum Gasteiger partial charge on any atom is -0.479 e. The number of ether oxygens (including phenoxy) is 4. The van der Waals surface area contributed by atoms with Crippen molar-refractivity contribution in [3.63, 3.8) is 0 Å². The molecule has 1 saturated heterocycles. The second-order valence-corrected chi connectivity index (χ2v) is 14.4. The van der Waals surface area contributed by atoms with E-state index in [0.717, 1.165) is 7.11 Å². The fraction of sp³-hybridized carbons (Fsp3) is 0.593. The van der Waals surface area contributed by atoms with Crippen LogP contribution in [0.15, 0.2) is 24.3 Å². The molecule has 232 valence electrons. The standard InChI is InChI=1S/C27H36N2O12S/c1-25(2,3)40-23(34)28-16(12-14-8-10-15(11-9-14)39-24(35)41-26(4,5)6)20(30)29-27(22(32)33)13-42(36,37)19-17(18(19)27)21(31)38-7/h8-11,16-19H,12-13H2,1-7H3,(H,28,34)(H,29,30)(H,32,33)/t16-,17+,18+,19-,27-/m0/s1. The Morgan fingerprint density at radius 1 is 1.00 bits per heavy atom. The molecule has 14 nitrogen and oxygen atoms in total. The lowest BCUT2D eigenvalue weighted by Crippen LogP contribution is -2.63. The van der Waals surface area contributed by atoms with Gasteiger partial charge in [-0.15, -0.1) is 0 Å². The quantitative estimate of drug-likeness (QED) is 0.218. The smallest absolute Gasteiger partial charge is 0.479 e. The zero-order valence-corrected chi connectivity index (χ0v) is 25.2. The summed E-state index contributed by atoms with van der Waals surface area (Å²) in [5.41, 5.74) is -3.56. The van der Waals surface area contributed by atoms with Gasteiger partial charge in [-0.2, -0.15) is 0 Å². The van der Waals surface area contributed by atoms with Gasteiger partial charge in [0.05, 0.1) is 24.0 Å². The number of benzene rings is 1. The Balaban J connectivity index is 1.85. The average Bonchev–Trinajstić information content (AvgIpc) is 3.53. The maximum atomic E-state index is 13.5. The van der Waals surface area contributed by atoms with Crippen LogP contribution in [0.5, 0.6) is 5.75 Å². The Bertz CT molecular complexity index is 1360. The molecule has 0 bridgehead atoms. The number of carboxylic acids is 1. The van der Waals surface area contributed by atoms with Crippen molar-refractivity contribution in [2.75, 3.05) is 12.9 Å². The van der Waals surface area contributed by atoms with Crippen molar-refractivity contribution < 1.29 is 56.4 Å². The molecule has 15 heteroatoms. The molecule has 5 atom stereocenters. The lowest BCUT2D eigenvalue weighted by atomic mass is 9.93. The van der Waals surface area contributed by atoms with Crippen LogP contribution in [0.1, 0.15) is 47.1 Å². The molecular formula is C27H36N2O12S. The van der Waals surface area contributed by atoms with Crippen LogP contribution in [0.2, 0.25) is 0 Å². The number of rotatable bonds is 8. The number of alkyl carbamates (subject to hydrolysis) is 1. The van der Waals surface area contributed by atoms with E-state index in [-0.39, 0.29) is 12.2 Å². The van der Waals surface area contributed by atoms with Gasteiger partial charge in [0.25, 0.3) is 0 Å². The first-order chi connectivity index (χ1) is 19.2. The summed E-state index contributed by atoms with van der Waals surface area (Å²) < 4.78 is 45.6. The van der Waals surface area contributed by atoms with E-state index in [2.05, 4.69) is 15.4 Å². The maximum Gasteiger partial charge on any atom is 0.514 e. The van der Waals surface area contributed by atoms with Gasteiger partial charge in [-0.1, -0.05) is 12.1 Å². The minimum absolute atomic E-state index is 0.142. The van der Waals surface area contributed by atoms with Crippen molar-refractivity contribution in [3.8, 4) is 5.75 Å². The molecule has 1 aliphatic carbocycles. The minimum atomic E-state index is -4.07. The molecule has 2 aliphatic rings. The number of amides is 2. The van der Waals surface area contributed by atoms with E-state index in [1.54, 1.807) is 41.5 Å². The van der Waals surface area contributed by atoms with Gasteiger partial charge in [0.1, 0.15) is 23.0 Å². The van der Waals surface area contributed by atoms with Gasteiger partial charge in [0.15, 0.2) is 15.4 Å². The van der Waals surface area contributed by atoms with Gasteiger partial charge in [-0.3, -0.25) is 9.59 Å². The third kappa shape index (κ3) is 7.49. The predicted octanol–water partition coefficient (Wildman–Crippen LogP) is 1.59. The summed E-state index contributed by atoms with van der Waals surface area (Å²) in [7, 11) is -3.02. The van der Waals surface area contributed by atoms with Crippen molar-refractivity contribution in [1.29, 1.82) is 0 Å². The highest BCUT2D eigenvalue weighted by molar-refractivity contribution is 7.92. The van der Waals surface area contributed by atoms with Crippen molar-refractivity contribution in [2.45, 2.75) is 76.0 Å². The zero-order valence-electron chi connectivity index (χ0n) is 24.4. The van der Waals surface area contributed by atoms with Crippen LogP contribution in [-0.2, 0) is 44.9 Å². The second-order valence-electron chi connectivity index (χ2n) is 12.2. The Labute approximate surface area is 243 Å². The molecule has 0 unspecified atom stereocenters. The molecule has 0 radical (unpaired) electrons. The zero-order chi connectivity index (χ0) is 31.8. The third-order valence-electron chi connectivity index (χ3n) is 6.53. The van der Waals surface area contributed by atoms with Gasteiger partial charge in [-0.25, -0.2) is 22.8 Å². The van der Waals surface area contributed by atoms with Crippen LogP contribution in [0.25, 0.3) is 0 Å². The van der Waals surface area contributed by atoms with Gasteiger partial charge in [0.2, 0.25) is 5.91 Å². The van der Waals surface area contributed by atoms with Gasteiger partial charge < -0.3 is 34.7 Å². The molecule has 42 heavy (non-hydrogen) atoms. The fourth-order valence-corrected chi connectivity index (χ4v) is 7.58. The number of aliphatic carboxylic acids is 1. The molecule has 1 heterocycles. The molecule has 1 aliphatic heterocycles. The molecular weight excluding hydrogens is 576 g/mol. The van der Waals surface area contributed by atoms with E-state index in [9.17, 15) is 37.5 Å². The Hall–Kier alpha value is -3.88. The number of sulfone groups is 1. The summed E-state index contributed by atoms with van der Waals surface area (Å²) in [6.45, 7) is 9.84. The normalized spacial score (nSPS) is 24.8. The SMILES string of the molecule is COC(=O)[C@@H]1[C@@H]2[C@H]1S(=O)(=O)C[C@@]2(NC(=O)[C@H](Cc1ccc(OC(=O)OC(C)(C)C)cc1)NC(=O)OC(C)(C)C)C(=O)O. The highest BCUT2D eigenvalue weighted by Gasteiger charge is 2.79. The van der Waals surface area contributed by atoms with E-state index in [0.29, 0.717) is 5.56 Å². The Morgan fingerprint density at radius 3 is 2.07 bits per heavy atom. The second kappa shape index (κ2) is 11.4. The van der Waals surface area contributed by atoms with Gasteiger partial charge in [0, 0.05) is 12.3 Å². The highest BCUT2D eigenvalue weighted by Crippen LogP contribution is 2.58. The van der Waals surface area contributed by atoms with Crippen molar-refractivity contribution in [3.05, 3.63) is 29.8 Å². The average molecular weight is 613 g/mol. The van der Waals surface area contributed by atoms with E-state index in [4.69, 9.17) is 14.2 Å². The summed E-state index contributed by atoms with van der Waals surface area (Å²) in [6.07, 6.45) is -2.09. The first kappa shape index (κ1) is 32.6. The number of carbonyl (C=O) groups is 5. The first-order valence-corrected chi connectivity index (χ1v) is 14.7. The highest BCUT2D eigenvalue weighted by atomic mass is 32.2. The monoisotopic (exact) mass is 612 g/mol. The Kier molecular flexibility index (Phi) is 8.87. The van der Waals surface area contributed by atoms with Crippen LogP contribution in [0, 0.1) is 11.8 Å². The van der Waals surface area contributed by atoms with Gasteiger partial charge >= 0.3 is 24.2 Å². The predicted molar refractivity (Wildman–Crippen MR) is 145 cm³/mol.